The Balaban J connectivity index is 2.19. The molecular formula is C14H11N5O2S. The van der Waals surface area contributed by atoms with Crippen LogP contribution in [-0.2, 0) is 10.0 Å². The van der Waals surface area contributed by atoms with E-state index in [1.54, 1.807) is 42.5 Å². The van der Waals surface area contributed by atoms with Crippen molar-refractivity contribution in [3.8, 4) is 0 Å². The highest BCUT2D eigenvalue weighted by atomic mass is 32.2. The van der Waals surface area contributed by atoms with Gasteiger partial charge in [0.2, 0.25) is 0 Å². The van der Waals surface area contributed by atoms with E-state index < -0.39 is 10.0 Å². The van der Waals surface area contributed by atoms with E-state index in [9.17, 15) is 8.42 Å². The van der Waals surface area contributed by atoms with E-state index in [-0.39, 0.29) is 16.5 Å². The molecule has 2 aromatic heterocycles. The molecule has 0 saturated carbocycles. The largest absolute Gasteiger partial charge is 0.271 e. The van der Waals surface area contributed by atoms with Gasteiger partial charge in [0.15, 0.2) is 11.6 Å². The fourth-order valence-corrected chi connectivity index (χ4v) is 3.26. The summed E-state index contributed by atoms with van der Waals surface area (Å²) in [5.41, 5.74) is 0. The average Bonchev–Trinajstić information content (AvgIpc) is 2.58. The molecule has 8 heteroatoms. The molecule has 22 heavy (non-hydrogen) atoms. The summed E-state index contributed by atoms with van der Waals surface area (Å²) >= 11 is 0. The fourth-order valence-electron chi connectivity index (χ4n) is 1.86. The number of rotatable bonds is 4. The first kappa shape index (κ1) is 14.1. The summed E-state index contributed by atoms with van der Waals surface area (Å²) in [6.45, 7) is 0. The van der Waals surface area contributed by atoms with Crippen LogP contribution in [-0.4, -0.2) is 28.8 Å². The van der Waals surface area contributed by atoms with Crippen molar-refractivity contribution < 1.29 is 8.42 Å². The van der Waals surface area contributed by atoms with Crippen LogP contribution in [0, 0.1) is 0 Å². The predicted octanol–water partition coefficient (Wildman–Crippen LogP) is 1.79. The molecule has 0 radical (unpaired) electrons. The van der Waals surface area contributed by atoms with E-state index in [1.165, 1.54) is 24.5 Å². The summed E-state index contributed by atoms with van der Waals surface area (Å²) in [5, 5.41) is 15.2. The number of sulfonamides is 1. The molecule has 0 unspecified atom stereocenters. The van der Waals surface area contributed by atoms with Crippen molar-refractivity contribution in [2.24, 2.45) is 0 Å². The summed E-state index contributed by atoms with van der Waals surface area (Å²) in [5.74, 6) is 0.290. The van der Waals surface area contributed by atoms with Crippen LogP contribution in [0.15, 0.2) is 71.9 Å². The van der Waals surface area contributed by atoms with Gasteiger partial charge in [-0.2, -0.15) is 14.5 Å². The first-order valence-electron chi connectivity index (χ1n) is 6.35. The minimum absolute atomic E-state index is 0.131. The van der Waals surface area contributed by atoms with Crippen LogP contribution in [0.2, 0.25) is 0 Å². The molecule has 7 nitrogen and oxygen atoms in total. The van der Waals surface area contributed by atoms with Gasteiger partial charge in [-0.1, -0.05) is 18.2 Å². The van der Waals surface area contributed by atoms with Gasteiger partial charge in [-0.25, -0.2) is 8.42 Å². The van der Waals surface area contributed by atoms with Gasteiger partial charge in [0.1, 0.15) is 0 Å². The molecule has 3 aromatic rings. The lowest BCUT2D eigenvalue weighted by molar-refractivity contribution is 0.595. The fraction of sp³-hybridized carbons (Fsp3) is 0. The highest BCUT2D eigenvalue weighted by molar-refractivity contribution is 7.93. The maximum Gasteiger partial charge on any atom is 0.271 e. The highest BCUT2D eigenvalue weighted by Crippen LogP contribution is 2.28. The minimum atomic E-state index is -3.88. The lowest BCUT2D eigenvalue weighted by Crippen LogP contribution is -2.28. The van der Waals surface area contributed by atoms with Crippen LogP contribution < -0.4 is 4.31 Å². The third-order valence-corrected chi connectivity index (χ3v) is 4.54. The third-order valence-electron chi connectivity index (χ3n) is 2.81. The Hall–Kier alpha value is -2.87. The van der Waals surface area contributed by atoms with Gasteiger partial charge >= 0.3 is 0 Å². The number of aromatic nitrogens is 4. The molecule has 0 aliphatic carbocycles. The van der Waals surface area contributed by atoms with Gasteiger partial charge in [-0.3, -0.25) is 0 Å². The summed E-state index contributed by atoms with van der Waals surface area (Å²) in [7, 11) is -3.88. The second kappa shape index (κ2) is 5.86. The molecule has 0 atom stereocenters. The Labute approximate surface area is 127 Å². The maximum absolute atomic E-state index is 12.9. The van der Waals surface area contributed by atoms with Gasteiger partial charge in [0.25, 0.3) is 10.0 Å². The zero-order valence-electron chi connectivity index (χ0n) is 11.3. The predicted molar refractivity (Wildman–Crippen MR) is 79.8 cm³/mol. The van der Waals surface area contributed by atoms with Crippen LogP contribution in [0.1, 0.15) is 0 Å². The van der Waals surface area contributed by atoms with Crippen molar-refractivity contribution in [1.82, 2.24) is 20.4 Å². The van der Waals surface area contributed by atoms with Gasteiger partial charge in [0.05, 0.1) is 4.90 Å². The first-order chi connectivity index (χ1) is 10.7. The van der Waals surface area contributed by atoms with Crippen molar-refractivity contribution in [2.75, 3.05) is 4.31 Å². The lowest BCUT2D eigenvalue weighted by atomic mass is 10.4. The molecule has 0 amide bonds. The lowest BCUT2D eigenvalue weighted by Gasteiger charge is -2.21. The van der Waals surface area contributed by atoms with Crippen molar-refractivity contribution in [3.63, 3.8) is 0 Å². The van der Waals surface area contributed by atoms with Crippen molar-refractivity contribution in [1.29, 1.82) is 0 Å². The van der Waals surface area contributed by atoms with E-state index in [0.29, 0.717) is 0 Å². The van der Waals surface area contributed by atoms with Crippen molar-refractivity contribution >= 4 is 21.7 Å². The third kappa shape index (κ3) is 2.63. The van der Waals surface area contributed by atoms with Crippen molar-refractivity contribution in [3.05, 3.63) is 67.0 Å². The molecule has 0 bridgehead atoms. The van der Waals surface area contributed by atoms with Gasteiger partial charge in [-0.15, -0.1) is 10.2 Å². The summed E-state index contributed by atoms with van der Waals surface area (Å²) in [4.78, 5) is 0.131. The van der Waals surface area contributed by atoms with E-state index in [4.69, 9.17) is 0 Å². The minimum Gasteiger partial charge on any atom is -0.201 e. The van der Waals surface area contributed by atoms with E-state index in [2.05, 4.69) is 20.4 Å². The normalized spacial score (nSPS) is 11.1. The SMILES string of the molecule is O=S(=O)(c1ccccc1)N(c1cccnn1)c1cccnn1. The molecule has 3 rings (SSSR count). The highest BCUT2D eigenvalue weighted by Gasteiger charge is 2.29. The number of nitrogens with zero attached hydrogens (tertiary/aromatic N) is 5. The van der Waals surface area contributed by atoms with E-state index in [1.807, 2.05) is 0 Å². The summed E-state index contributed by atoms with van der Waals surface area (Å²) < 4.78 is 26.9. The van der Waals surface area contributed by atoms with Crippen molar-refractivity contribution in [2.45, 2.75) is 4.90 Å². The zero-order chi connectivity index (χ0) is 15.4. The quantitative estimate of drug-likeness (QED) is 0.729. The van der Waals surface area contributed by atoms with Gasteiger partial charge < -0.3 is 0 Å². The Kier molecular flexibility index (Phi) is 3.75. The average molecular weight is 313 g/mol. The van der Waals surface area contributed by atoms with Crippen LogP contribution in [0.3, 0.4) is 0 Å². The number of benzene rings is 1. The topological polar surface area (TPSA) is 88.9 Å². The Bertz CT molecular complexity index is 803. The monoisotopic (exact) mass is 313 g/mol. The summed E-state index contributed by atoms with van der Waals surface area (Å²) in [6.07, 6.45) is 2.93. The van der Waals surface area contributed by atoms with Crippen LogP contribution in [0.25, 0.3) is 0 Å². The van der Waals surface area contributed by atoms with E-state index >= 15 is 0 Å². The molecular weight excluding hydrogens is 302 g/mol. The van der Waals surface area contributed by atoms with Gasteiger partial charge in [-0.05, 0) is 36.4 Å². The van der Waals surface area contributed by atoms with Crippen LogP contribution in [0.5, 0.6) is 0 Å². The first-order valence-corrected chi connectivity index (χ1v) is 7.79. The molecule has 110 valence electrons. The molecule has 2 heterocycles. The second-order valence-corrected chi connectivity index (χ2v) is 6.03. The van der Waals surface area contributed by atoms with E-state index in [0.717, 1.165) is 4.31 Å². The number of anilines is 2. The maximum atomic E-state index is 12.9. The molecule has 0 fully saturated rings. The molecule has 0 spiro atoms. The standard InChI is InChI=1S/C14H11N5O2S/c20-22(21,12-6-2-1-3-7-12)19(13-8-4-10-15-17-13)14-9-5-11-16-18-14/h1-11H. The van der Waals surface area contributed by atoms with Crippen LogP contribution in [0.4, 0.5) is 11.6 Å². The summed E-state index contributed by atoms with van der Waals surface area (Å²) in [6, 6.07) is 14.4. The van der Waals surface area contributed by atoms with Crippen LogP contribution >= 0.6 is 0 Å². The molecule has 0 N–H and O–H groups in total. The molecule has 0 saturated heterocycles. The smallest absolute Gasteiger partial charge is 0.201 e. The van der Waals surface area contributed by atoms with Gasteiger partial charge in [0, 0.05) is 12.4 Å². The Morgan fingerprint density at radius 1 is 0.727 bits per heavy atom. The Morgan fingerprint density at radius 2 is 1.27 bits per heavy atom. The Morgan fingerprint density at radius 3 is 1.73 bits per heavy atom. The number of hydrogen-bond donors (Lipinski definition) is 0. The molecule has 1 aromatic carbocycles. The zero-order valence-corrected chi connectivity index (χ0v) is 12.1. The number of hydrogen-bond acceptors (Lipinski definition) is 6. The second-order valence-electron chi connectivity index (χ2n) is 4.25. The molecule has 0 aliphatic heterocycles. The molecule has 0 aliphatic rings.